The fourth-order valence-electron chi connectivity index (χ4n) is 1.37. The van der Waals surface area contributed by atoms with Crippen molar-refractivity contribution in [2.24, 2.45) is 5.73 Å². The Bertz CT molecular complexity index is 455. The zero-order valence-corrected chi connectivity index (χ0v) is 12.5. The highest BCUT2D eigenvalue weighted by Crippen LogP contribution is 2.26. The number of carbonyl (C=O) groups is 1. The number of halogens is 1. The largest absolute Gasteiger partial charge is 0.479 e. The smallest absolute Gasteiger partial charge is 0.258 e. The summed E-state index contributed by atoms with van der Waals surface area (Å²) in [6.45, 7) is 8.60. The molecule has 1 amide bonds. The lowest BCUT2D eigenvalue weighted by atomic mass is 10.1. The predicted molar refractivity (Wildman–Crippen MR) is 77.3 cm³/mol. The fraction of sp³-hybridized carbons (Fsp3) is 0.500. The number of primary amides is 1. The second-order valence-corrected chi connectivity index (χ2v) is 5.94. The monoisotopic (exact) mass is 284 g/mol. The summed E-state index contributed by atoms with van der Waals surface area (Å²) in [6.07, 6.45) is -0.698. The van der Waals surface area contributed by atoms with Crippen LogP contribution in [0.4, 0.5) is 0 Å². The van der Waals surface area contributed by atoms with Gasteiger partial charge in [-0.3, -0.25) is 4.79 Å². The summed E-state index contributed by atoms with van der Waals surface area (Å²) < 4.78 is 5.38. The first-order valence-corrected chi connectivity index (χ1v) is 6.56. The van der Waals surface area contributed by atoms with Gasteiger partial charge in [-0.1, -0.05) is 17.7 Å². The van der Waals surface area contributed by atoms with E-state index in [0.717, 1.165) is 12.1 Å². The van der Waals surface area contributed by atoms with Gasteiger partial charge in [-0.15, -0.1) is 0 Å². The number of hydrogen-bond donors (Lipinski definition) is 2. The Balaban J connectivity index is 2.72. The average molecular weight is 285 g/mol. The van der Waals surface area contributed by atoms with Gasteiger partial charge in [-0.2, -0.15) is 0 Å². The number of amides is 1. The van der Waals surface area contributed by atoms with Crippen molar-refractivity contribution in [3.05, 3.63) is 28.8 Å². The van der Waals surface area contributed by atoms with Crippen LogP contribution in [0.25, 0.3) is 0 Å². The lowest BCUT2D eigenvalue weighted by Crippen LogP contribution is -2.35. The molecule has 0 fully saturated rings. The van der Waals surface area contributed by atoms with Crippen molar-refractivity contribution in [1.29, 1.82) is 0 Å². The van der Waals surface area contributed by atoms with Crippen molar-refractivity contribution < 1.29 is 9.53 Å². The Morgan fingerprint density at radius 2 is 2.11 bits per heavy atom. The standard InChI is InChI=1S/C14H21ClN2O2/c1-9(13(16)18)19-12-6-5-10(7-11(12)15)8-17-14(2,3)4/h5-7,9,17H,8H2,1-4H3,(H2,16,18). The van der Waals surface area contributed by atoms with Crippen molar-refractivity contribution in [3.8, 4) is 5.75 Å². The molecule has 0 bridgehead atoms. The van der Waals surface area contributed by atoms with Crippen LogP contribution in [-0.4, -0.2) is 17.6 Å². The first kappa shape index (κ1) is 15.8. The molecule has 3 N–H and O–H groups in total. The van der Waals surface area contributed by atoms with E-state index in [1.54, 1.807) is 13.0 Å². The fourth-order valence-corrected chi connectivity index (χ4v) is 1.61. The van der Waals surface area contributed by atoms with Crippen molar-refractivity contribution in [2.75, 3.05) is 0 Å². The SMILES string of the molecule is CC(Oc1ccc(CNC(C)(C)C)cc1Cl)C(N)=O. The van der Waals surface area contributed by atoms with E-state index in [1.807, 2.05) is 12.1 Å². The number of rotatable bonds is 5. The van der Waals surface area contributed by atoms with Gasteiger partial charge in [0.2, 0.25) is 0 Å². The lowest BCUT2D eigenvalue weighted by Gasteiger charge is -2.21. The molecule has 0 aromatic heterocycles. The summed E-state index contributed by atoms with van der Waals surface area (Å²) in [5, 5.41) is 3.84. The van der Waals surface area contributed by atoms with Crippen molar-refractivity contribution in [1.82, 2.24) is 5.32 Å². The number of ether oxygens (including phenoxy) is 1. The molecule has 4 nitrogen and oxygen atoms in total. The van der Waals surface area contributed by atoms with Gasteiger partial charge in [0.25, 0.3) is 5.91 Å². The summed E-state index contributed by atoms with van der Waals surface area (Å²) in [5.74, 6) is -0.0537. The van der Waals surface area contributed by atoms with Crippen LogP contribution in [0.1, 0.15) is 33.3 Å². The summed E-state index contributed by atoms with van der Waals surface area (Å²) in [5.41, 5.74) is 6.24. The molecule has 0 saturated heterocycles. The number of carbonyl (C=O) groups excluding carboxylic acids is 1. The Kier molecular flexibility index (Phi) is 5.20. The predicted octanol–water partition coefficient (Wildman–Crippen LogP) is 2.48. The molecular weight excluding hydrogens is 264 g/mol. The van der Waals surface area contributed by atoms with E-state index in [2.05, 4.69) is 26.1 Å². The van der Waals surface area contributed by atoms with Gasteiger partial charge in [-0.05, 0) is 45.4 Å². The van der Waals surface area contributed by atoms with E-state index in [1.165, 1.54) is 0 Å². The van der Waals surface area contributed by atoms with Crippen LogP contribution in [0.15, 0.2) is 18.2 Å². The highest BCUT2D eigenvalue weighted by Gasteiger charge is 2.13. The summed E-state index contributed by atoms with van der Waals surface area (Å²) in [7, 11) is 0. The molecular formula is C14H21ClN2O2. The van der Waals surface area contributed by atoms with Crippen molar-refractivity contribution in [3.63, 3.8) is 0 Å². The first-order valence-electron chi connectivity index (χ1n) is 6.18. The maximum atomic E-state index is 10.9. The molecule has 0 radical (unpaired) electrons. The lowest BCUT2D eigenvalue weighted by molar-refractivity contribution is -0.123. The molecule has 0 aliphatic carbocycles. The van der Waals surface area contributed by atoms with E-state index in [9.17, 15) is 4.79 Å². The first-order chi connectivity index (χ1) is 8.69. The quantitative estimate of drug-likeness (QED) is 0.873. The van der Waals surface area contributed by atoms with Crippen LogP contribution in [-0.2, 0) is 11.3 Å². The van der Waals surface area contributed by atoms with Gasteiger partial charge < -0.3 is 15.8 Å². The van der Waals surface area contributed by atoms with Gasteiger partial charge >= 0.3 is 0 Å². The Hall–Kier alpha value is -1.26. The Morgan fingerprint density at radius 3 is 2.58 bits per heavy atom. The molecule has 1 aromatic rings. The van der Waals surface area contributed by atoms with Crippen LogP contribution in [0.2, 0.25) is 5.02 Å². The third-order valence-electron chi connectivity index (χ3n) is 2.52. The normalized spacial score (nSPS) is 13.1. The minimum atomic E-state index is -0.698. The molecule has 1 aromatic carbocycles. The second-order valence-electron chi connectivity index (χ2n) is 5.53. The number of nitrogens with two attached hydrogens (primary N) is 1. The molecule has 1 unspecified atom stereocenters. The maximum Gasteiger partial charge on any atom is 0.258 e. The highest BCUT2D eigenvalue weighted by atomic mass is 35.5. The van der Waals surface area contributed by atoms with Crippen LogP contribution >= 0.6 is 11.6 Å². The zero-order chi connectivity index (χ0) is 14.6. The number of benzene rings is 1. The summed E-state index contributed by atoms with van der Waals surface area (Å²) in [6, 6.07) is 5.48. The highest BCUT2D eigenvalue weighted by molar-refractivity contribution is 6.32. The maximum absolute atomic E-state index is 10.9. The van der Waals surface area contributed by atoms with E-state index in [-0.39, 0.29) is 5.54 Å². The molecule has 0 saturated carbocycles. The zero-order valence-electron chi connectivity index (χ0n) is 11.8. The molecule has 1 atom stereocenters. The molecule has 0 aliphatic heterocycles. The molecule has 1 rings (SSSR count). The van der Waals surface area contributed by atoms with E-state index in [4.69, 9.17) is 22.1 Å². The van der Waals surface area contributed by atoms with E-state index >= 15 is 0 Å². The molecule has 106 valence electrons. The van der Waals surface area contributed by atoms with Gasteiger partial charge in [0.15, 0.2) is 6.10 Å². The second kappa shape index (κ2) is 6.26. The topological polar surface area (TPSA) is 64.3 Å². The van der Waals surface area contributed by atoms with E-state index in [0.29, 0.717) is 10.8 Å². The number of hydrogen-bond acceptors (Lipinski definition) is 3. The van der Waals surface area contributed by atoms with Crippen LogP contribution < -0.4 is 15.8 Å². The van der Waals surface area contributed by atoms with Crippen molar-refractivity contribution >= 4 is 17.5 Å². The Morgan fingerprint density at radius 1 is 1.47 bits per heavy atom. The molecule has 0 heterocycles. The van der Waals surface area contributed by atoms with Crippen LogP contribution in [0, 0.1) is 0 Å². The van der Waals surface area contributed by atoms with Gasteiger partial charge in [0.1, 0.15) is 5.75 Å². The Labute approximate surface area is 119 Å². The summed E-state index contributed by atoms with van der Waals surface area (Å²) in [4.78, 5) is 10.9. The molecule has 19 heavy (non-hydrogen) atoms. The van der Waals surface area contributed by atoms with Crippen LogP contribution in [0.3, 0.4) is 0 Å². The minimum absolute atomic E-state index is 0.0438. The molecule has 5 heteroatoms. The van der Waals surface area contributed by atoms with Gasteiger partial charge in [0, 0.05) is 12.1 Å². The van der Waals surface area contributed by atoms with Gasteiger partial charge in [0.05, 0.1) is 5.02 Å². The third kappa shape index (κ3) is 5.49. The van der Waals surface area contributed by atoms with Crippen LogP contribution in [0.5, 0.6) is 5.75 Å². The molecule has 0 aliphatic rings. The van der Waals surface area contributed by atoms with Crippen molar-refractivity contribution in [2.45, 2.75) is 45.9 Å². The summed E-state index contributed by atoms with van der Waals surface area (Å²) >= 11 is 6.12. The van der Waals surface area contributed by atoms with E-state index < -0.39 is 12.0 Å². The minimum Gasteiger partial charge on any atom is -0.479 e. The van der Waals surface area contributed by atoms with Gasteiger partial charge in [-0.25, -0.2) is 0 Å². The third-order valence-corrected chi connectivity index (χ3v) is 2.82. The molecule has 0 spiro atoms. The number of nitrogens with one attached hydrogen (secondary N) is 1. The average Bonchev–Trinajstić information content (AvgIpc) is 2.28.